The molecule has 0 saturated carbocycles. The predicted octanol–water partition coefficient (Wildman–Crippen LogP) is 1.53. The summed E-state index contributed by atoms with van der Waals surface area (Å²) in [4.78, 5) is 36.5. The molecule has 0 unspecified atom stereocenters. The van der Waals surface area contributed by atoms with E-state index in [1.54, 1.807) is 27.7 Å². The zero-order chi connectivity index (χ0) is 15.0. The number of piperidine rings is 1. The van der Waals surface area contributed by atoms with E-state index in [2.05, 4.69) is 0 Å². The fourth-order valence-corrected chi connectivity index (χ4v) is 2.12. The van der Waals surface area contributed by atoms with Gasteiger partial charge >= 0.3 is 12.1 Å². The first-order valence-electron chi connectivity index (χ1n) is 6.23. The summed E-state index contributed by atoms with van der Waals surface area (Å²) in [7, 11) is 0. The van der Waals surface area contributed by atoms with E-state index in [1.807, 2.05) is 0 Å². The molecule has 1 N–H and O–H groups in total. The van der Waals surface area contributed by atoms with Crippen LogP contribution in [0.5, 0.6) is 0 Å². The van der Waals surface area contributed by atoms with E-state index in [0.29, 0.717) is 0 Å². The molecule has 2 atom stereocenters. The Bertz CT molecular complexity index is 412. The fourth-order valence-electron chi connectivity index (χ4n) is 2.12. The number of amides is 1. The number of rotatable bonds is 1. The van der Waals surface area contributed by atoms with Crippen molar-refractivity contribution in [1.29, 1.82) is 0 Å². The molecule has 6 heteroatoms. The van der Waals surface area contributed by atoms with Gasteiger partial charge < -0.3 is 14.7 Å². The standard InChI is InChI=1S/C13H21NO5/c1-8-6-14(11(18)19-12(2,3)4)7-13(5,9(8)15)10(16)17/h8H,6-7H2,1-5H3,(H,16,17)/t8-,13-/m0/s1. The van der Waals surface area contributed by atoms with Crippen LogP contribution in [0.2, 0.25) is 0 Å². The van der Waals surface area contributed by atoms with Crippen LogP contribution in [0.25, 0.3) is 0 Å². The van der Waals surface area contributed by atoms with E-state index in [0.717, 1.165) is 0 Å². The third-order valence-corrected chi connectivity index (χ3v) is 3.12. The Morgan fingerprint density at radius 1 is 1.42 bits per heavy atom. The van der Waals surface area contributed by atoms with Crippen molar-refractivity contribution < 1.29 is 24.2 Å². The van der Waals surface area contributed by atoms with E-state index >= 15 is 0 Å². The lowest BCUT2D eigenvalue weighted by Gasteiger charge is -2.39. The highest BCUT2D eigenvalue weighted by Crippen LogP contribution is 2.30. The number of carboxylic acids is 1. The second-order valence-corrected chi connectivity index (χ2v) is 6.26. The predicted molar refractivity (Wildman–Crippen MR) is 67.7 cm³/mol. The van der Waals surface area contributed by atoms with Crippen LogP contribution in [0.3, 0.4) is 0 Å². The maximum atomic E-state index is 12.0. The van der Waals surface area contributed by atoms with Crippen molar-refractivity contribution >= 4 is 17.8 Å². The second kappa shape index (κ2) is 4.83. The van der Waals surface area contributed by atoms with Crippen molar-refractivity contribution in [2.24, 2.45) is 11.3 Å². The van der Waals surface area contributed by atoms with E-state index in [-0.39, 0.29) is 18.9 Å². The highest BCUT2D eigenvalue weighted by Gasteiger charge is 2.50. The number of ketones is 1. The summed E-state index contributed by atoms with van der Waals surface area (Å²) in [5.74, 6) is -2.07. The summed E-state index contributed by atoms with van der Waals surface area (Å²) < 4.78 is 5.22. The third-order valence-electron chi connectivity index (χ3n) is 3.12. The highest BCUT2D eigenvalue weighted by atomic mass is 16.6. The molecule has 1 aliphatic rings. The summed E-state index contributed by atoms with van der Waals surface area (Å²) in [6, 6.07) is 0. The molecule has 1 aliphatic heterocycles. The summed E-state index contributed by atoms with van der Waals surface area (Å²) in [6.45, 7) is 8.22. The second-order valence-electron chi connectivity index (χ2n) is 6.26. The van der Waals surface area contributed by atoms with E-state index < -0.39 is 29.0 Å². The van der Waals surface area contributed by atoms with Gasteiger partial charge in [-0.25, -0.2) is 4.79 Å². The molecule has 0 aliphatic carbocycles. The Morgan fingerprint density at radius 3 is 2.37 bits per heavy atom. The molecule has 0 spiro atoms. The third kappa shape index (κ3) is 3.24. The number of hydrogen-bond donors (Lipinski definition) is 1. The lowest BCUT2D eigenvalue weighted by atomic mass is 9.76. The molecular formula is C13H21NO5. The van der Waals surface area contributed by atoms with Gasteiger partial charge in [-0.15, -0.1) is 0 Å². The van der Waals surface area contributed by atoms with Crippen LogP contribution in [0.1, 0.15) is 34.6 Å². The van der Waals surface area contributed by atoms with Gasteiger partial charge in [-0.2, -0.15) is 0 Å². The minimum Gasteiger partial charge on any atom is -0.480 e. The van der Waals surface area contributed by atoms with Gasteiger partial charge in [-0.3, -0.25) is 9.59 Å². The summed E-state index contributed by atoms with van der Waals surface area (Å²) in [5.41, 5.74) is -2.21. The van der Waals surface area contributed by atoms with Crippen LogP contribution in [0, 0.1) is 11.3 Å². The number of carboxylic acid groups (broad SMARTS) is 1. The molecule has 6 nitrogen and oxygen atoms in total. The van der Waals surface area contributed by atoms with Crippen molar-refractivity contribution in [2.75, 3.05) is 13.1 Å². The van der Waals surface area contributed by atoms with Gasteiger partial charge in [0.15, 0.2) is 5.78 Å². The van der Waals surface area contributed by atoms with Gasteiger partial charge in [-0.1, -0.05) is 6.92 Å². The average molecular weight is 271 g/mol. The molecule has 19 heavy (non-hydrogen) atoms. The molecule has 0 bridgehead atoms. The minimum absolute atomic E-state index is 0.152. The highest BCUT2D eigenvalue weighted by molar-refractivity contribution is 6.05. The van der Waals surface area contributed by atoms with E-state index in [4.69, 9.17) is 4.74 Å². The zero-order valence-electron chi connectivity index (χ0n) is 12.0. The molecule has 0 aromatic rings. The molecule has 1 amide bonds. The van der Waals surface area contributed by atoms with Crippen LogP contribution in [0.4, 0.5) is 4.79 Å². The number of ether oxygens (including phenoxy) is 1. The zero-order valence-corrected chi connectivity index (χ0v) is 12.0. The molecule has 0 radical (unpaired) electrons. The molecule has 108 valence electrons. The van der Waals surface area contributed by atoms with Crippen molar-refractivity contribution in [3.8, 4) is 0 Å². The lowest BCUT2D eigenvalue weighted by molar-refractivity contribution is -0.159. The molecule has 1 heterocycles. The number of aliphatic carboxylic acids is 1. The van der Waals surface area contributed by atoms with Crippen LogP contribution in [-0.2, 0) is 14.3 Å². The quantitative estimate of drug-likeness (QED) is 0.731. The number of hydrogen-bond acceptors (Lipinski definition) is 4. The van der Waals surface area contributed by atoms with Crippen molar-refractivity contribution in [1.82, 2.24) is 4.90 Å². The summed E-state index contributed by atoms with van der Waals surface area (Å²) in [5, 5.41) is 9.22. The molecule has 0 aromatic heterocycles. The maximum Gasteiger partial charge on any atom is 0.410 e. The molecule has 0 aromatic carbocycles. The molecule has 1 saturated heterocycles. The Balaban J connectivity index is 2.92. The largest absolute Gasteiger partial charge is 0.480 e. The minimum atomic E-state index is -1.56. The van der Waals surface area contributed by atoms with Gasteiger partial charge in [0.2, 0.25) is 0 Å². The number of carbonyl (C=O) groups is 3. The SMILES string of the molecule is C[C@H]1CN(C(=O)OC(C)(C)C)C[C@](C)(C(=O)O)C1=O. The van der Waals surface area contributed by atoms with Crippen molar-refractivity contribution in [3.05, 3.63) is 0 Å². The lowest BCUT2D eigenvalue weighted by Crippen LogP contribution is -2.57. The summed E-state index contributed by atoms with van der Waals surface area (Å²) >= 11 is 0. The Hall–Kier alpha value is -1.59. The topological polar surface area (TPSA) is 83.9 Å². The summed E-state index contributed by atoms with van der Waals surface area (Å²) in [6.07, 6.45) is -0.584. The van der Waals surface area contributed by atoms with Gasteiger partial charge in [0.25, 0.3) is 0 Å². The van der Waals surface area contributed by atoms with Crippen molar-refractivity contribution in [2.45, 2.75) is 40.2 Å². The average Bonchev–Trinajstić information content (AvgIpc) is 2.22. The van der Waals surface area contributed by atoms with Crippen LogP contribution < -0.4 is 0 Å². The van der Waals surface area contributed by atoms with Gasteiger partial charge in [0.05, 0.1) is 0 Å². The van der Waals surface area contributed by atoms with Crippen LogP contribution in [-0.4, -0.2) is 46.5 Å². The maximum absolute atomic E-state index is 12.0. The number of nitrogens with zero attached hydrogens (tertiary/aromatic N) is 1. The van der Waals surface area contributed by atoms with Crippen LogP contribution >= 0.6 is 0 Å². The monoisotopic (exact) mass is 271 g/mol. The normalized spacial score (nSPS) is 28.2. The van der Waals surface area contributed by atoms with Gasteiger partial charge in [0.1, 0.15) is 11.0 Å². The Labute approximate surface area is 112 Å². The number of likely N-dealkylation sites (tertiary alicyclic amines) is 1. The van der Waals surface area contributed by atoms with E-state index in [9.17, 15) is 19.5 Å². The first-order valence-corrected chi connectivity index (χ1v) is 6.23. The first kappa shape index (κ1) is 15.5. The van der Waals surface area contributed by atoms with Gasteiger partial charge in [0, 0.05) is 19.0 Å². The van der Waals surface area contributed by atoms with Crippen molar-refractivity contribution in [3.63, 3.8) is 0 Å². The smallest absolute Gasteiger partial charge is 0.410 e. The van der Waals surface area contributed by atoms with Gasteiger partial charge in [-0.05, 0) is 27.7 Å². The molecule has 1 rings (SSSR count). The first-order chi connectivity index (χ1) is 8.47. The molecule has 1 fully saturated rings. The molecular weight excluding hydrogens is 250 g/mol. The number of Topliss-reactive ketones (excluding diaryl/α,β-unsaturated/α-hetero) is 1. The Kier molecular flexibility index (Phi) is 3.93. The Morgan fingerprint density at radius 2 is 1.95 bits per heavy atom. The van der Waals surface area contributed by atoms with E-state index in [1.165, 1.54) is 11.8 Å². The number of carbonyl (C=O) groups excluding carboxylic acids is 2. The van der Waals surface area contributed by atoms with Crippen LogP contribution in [0.15, 0.2) is 0 Å². The fraction of sp³-hybridized carbons (Fsp3) is 0.769.